The van der Waals surface area contributed by atoms with E-state index >= 15 is 0 Å². The molecule has 2 aromatic carbocycles. The number of nitro groups is 6. The van der Waals surface area contributed by atoms with Crippen molar-refractivity contribution in [2.75, 3.05) is 0 Å². The van der Waals surface area contributed by atoms with Crippen LogP contribution in [0, 0.1) is 60.7 Å². The molecule has 27 heteroatoms. The molecule has 0 aliphatic heterocycles. The van der Waals surface area contributed by atoms with E-state index in [-0.39, 0.29) is 78.3 Å². The molecule has 0 bridgehead atoms. The van der Waals surface area contributed by atoms with Crippen molar-refractivity contribution >= 4 is 79.6 Å². The Hall–Kier alpha value is -4.32. The summed E-state index contributed by atoms with van der Waals surface area (Å²) in [4.78, 5) is 55.0. The second-order valence-corrected chi connectivity index (χ2v) is 5.17. The Morgan fingerprint density at radius 2 is 0.538 bits per heavy atom. The van der Waals surface area contributed by atoms with Crippen LogP contribution < -0.4 is 10.2 Å². The van der Waals surface area contributed by atoms with E-state index in [1.54, 1.807) is 0 Å². The number of hydrogen-bond acceptors (Lipinski definition) is 14. The maximum atomic E-state index is 11.1. The largest absolute Gasteiger partial charge is 2.00 e. The van der Waals surface area contributed by atoms with Crippen molar-refractivity contribution in [3.8, 4) is 11.5 Å². The third-order valence-electron chi connectivity index (χ3n) is 3.28. The molecule has 0 unspecified atom stereocenters. The minimum absolute atomic E-state index is 0. The molecule has 2 rings (SSSR count). The Morgan fingerprint density at radius 1 is 0.385 bits per heavy atom. The van der Waals surface area contributed by atoms with Crippen molar-refractivity contribution in [1.29, 1.82) is 0 Å². The van der Waals surface area contributed by atoms with Crippen molar-refractivity contribution < 1.29 is 72.6 Å². The molecule has 0 atom stereocenters. The molecule has 39 heavy (non-hydrogen) atoms. The van der Waals surface area contributed by atoms with Gasteiger partial charge in [-0.1, -0.05) is 0 Å². The van der Waals surface area contributed by atoms with Gasteiger partial charge in [-0.25, -0.2) is 0 Å². The van der Waals surface area contributed by atoms with Crippen LogP contribution in [0.2, 0.25) is 0 Å². The first-order valence-corrected chi connectivity index (χ1v) is 7.25. The van der Waals surface area contributed by atoms with Crippen LogP contribution in [0.1, 0.15) is 0 Å². The predicted molar refractivity (Wildman–Crippen MR) is 119 cm³/mol. The summed E-state index contributed by atoms with van der Waals surface area (Å²) in [6, 6.07) is 1.54. The molecule has 0 saturated carbocycles. The summed E-state index contributed by atoms with van der Waals surface area (Å²) in [5.41, 5.74) is -6.53. The van der Waals surface area contributed by atoms with Gasteiger partial charge < -0.3 is 43.1 Å². The molecule has 216 valence electrons. The van der Waals surface area contributed by atoms with Crippen molar-refractivity contribution in [3.63, 3.8) is 0 Å². The van der Waals surface area contributed by atoms with Crippen LogP contribution in [0.3, 0.4) is 0 Å². The minimum atomic E-state index is -1.46. The number of non-ortho nitro benzene ring substituents is 2. The van der Waals surface area contributed by atoms with Crippen molar-refractivity contribution in [3.05, 3.63) is 85.0 Å². The predicted octanol–water partition coefficient (Wildman–Crippen LogP) is -4.36. The van der Waals surface area contributed by atoms with Crippen LogP contribution in [-0.4, -0.2) is 108 Å². The van der Waals surface area contributed by atoms with Gasteiger partial charge in [-0.15, -0.1) is 0 Å². The quantitative estimate of drug-likeness (QED) is 0.162. The fraction of sp³-hybridized carbons (Fsp3) is 0. The molecule has 0 spiro atoms. The molecular formula is C12H16N6O20Sr. The first-order chi connectivity index (χ1) is 14.7. The third kappa shape index (κ3) is 12.7. The summed E-state index contributed by atoms with van der Waals surface area (Å²) in [7, 11) is 0. The van der Waals surface area contributed by atoms with Gasteiger partial charge in [0.2, 0.25) is 0 Å². The number of nitrogens with zero attached hydrogens (tertiary/aromatic N) is 6. The van der Waals surface area contributed by atoms with Gasteiger partial charge in [-0.05, 0) is 0 Å². The van der Waals surface area contributed by atoms with Gasteiger partial charge in [0.25, 0.3) is 34.1 Å². The van der Waals surface area contributed by atoms with E-state index in [1.807, 2.05) is 0 Å². The second-order valence-electron chi connectivity index (χ2n) is 5.17. The summed E-state index contributed by atoms with van der Waals surface area (Å²) in [6.45, 7) is 0. The van der Waals surface area contributed by atoms with E-state index in [0.29, 0.717) is 24.3 Å². The summed E-state index contributed by atoms with van der Waals surface area (Å²) in [6.07, 6.45) is 0. The Bertz CT molecular complexity index is 1030. The number of benzene rings is 2. The van der Waals surface area contributed by atoms with Crippen LogP contribution in [0.4, 0.5) is 34.1 Å². The molecule has 0 radical (unpaired) electrons. The van der Waals surface area contributed by atoms with E-state index in [9.17, 15) is 70.9 Å². The van der Waals surface area contributed by atoms with Crippen molar-refractivity contribution in [1.82, 2.24) is 0 Å². The SMILES string of the molecule is O.O.O.O.O.O.O=[N+]([O-])c1cc([N+](=O)[O-])c([O-])c([N+](=O)[O-])c1.O=[N+]([O-])c1cc([N+](=O)[O-])c([O-])c([N+](=O)[O-])c1.[Sr+2]. The summed E-state index contributed by atoms with van der Waals surface area (Å²) in [5, 5.41) is 84.2. The van der Waals surface area contributed by atoms with Gasteiger partial charge in [-0.2, -0.15) is 0 Å². The van der Waals surface area contributed by atoms with Gasteiger partial charge >= 0.3 is 45.5 Å². The van der Waals surface area contributed by atoms with Crippen LogP contribution >= 0.6 is 0 Å². The molecule has 0 fully saturated rings. The summed E-state index contributed by atoms with van der Waals surface area (Å²) < 4.78 is 0. The average molecular weight is 652 g/mol. The first kappa shape index (κ1) is 51.3. The zero-order chi connectivity index (χ0) is 24.9. The van der Waals surface area contributed by atoms with E-state index < -0.39 is 75.2 Å². The molecule has 0 aliphatic rings. The Balaban J connectivity index is -0.0000000890. The Labute approximate surface area is 247 Å². The fourth-order valence-electron chi connectivity index (χ4n) is 1.92. The van der Waals surface area contributed by atoms with Crippen LogP contribution in [0.5, 0.6) is 11.5 Å². The van der Waals surface area contributed by atoms with E-state index in [4.69, 9.17) is 0 Å². The zero-order valence-corrected chi connectivity index (χ0v) is 21.9. The molecule has 0 heterocycles. The molecular weight excluding hydrogens is 636 g/mol. The maximum Gasteiger partial charge on any atom is 2.00 e. The van der Waals surface area contributed by atoms with E-state index in [0.717, 1.165) is 0 Å². The normalized spacial score (nSPS) is 8.00. The van der Waals surface area contributed by atoms with Crippen LogP contribution in [-0.2, 0) is 0 Å². The van der Waals surface area contributed by atoms with Crippen molar-refractivity contribution in [2.45, 2.75) is 0 Å². The molecule has 0 amide bonds. The molecule has 12 N–H and O–H groups in total. The van der Waals surface area contributed by atoms with Crippen LogP contribution in [0.15, 0.2) is 24.3 Å². The van der Waals surface area contributed by atoms with Crippen LogP contribution in [0.25, 0.3) is 0 Å². The van der Waals surface area contributed by atoms with Crippen molar-refractivity contribution in [2.24, 2.45) is 0 Å². The standard InChI is InChI=1S/2C6H3N3O7.6H2O.Sr/c2*10-6-4(8(13)14)1-3(7(11)12)2-5(6)9(15)16;;;;;;;/h2*1-2,10H;6*1H2;/q;;;;;;;;+2/p-2. The van der Waals surface area contributed by atoms with Gasteiger partial charge in [0.1, 0.15) is 0 Å². The number of rotatable bonds is 6. The molecule has 0 aliphatic carbocycles. The Morgan fingerprint density at radius 3 is 0.641 bits per heavy atom. The summed E-state index contributed by atoms with van der Waals surface area (Å²) in [5.74, 6) is -2.92. The van der Waals surface area contributed by atoms with Gasteiger partial charge in [-0.3, -0.25) is 60.7 Å². The molecule has 0 aromatic heterocycles. The fourth-order valence-corrected chi connectivity index (χ4v) is 1.92. The van der Waals surface area contributed by atoms with Gasteiger partial charge in [0.15, 0.2) is 0 Å². The smallest absolute Gasteiger partial charge is 0.863 e. The topological polar surface area (TPSA) is 494 Å². The molecule has 0 saturated heterocycles. The third-order valence-corrected chi connectivity index (χ3v) is 3.28. The second kappa shape index (κ2) is 20.7. The van der Waals surface area contributed by atoms with Gasteiger partial charge in [0, 0.05) is 0 Å². The van der Waals surface area contributed by atoms with E-state index in [2.05, 4.69) is 0 Å². The molecule has 26 nitrogen and oxygen atoms in total. The summed E-state index contributed by atoms with van der Waals surface area (Å²) >= 11 is 0. The number of hydrogen-bond donors (Lipinski definition) is 0. The van der Waals surface area contributed by atoms with Gasteiger partial charge in [0.05, 0.1) is 65.3 Å². The average Bonchev–Trinajstić information content (AvgIpc) is 2.67. The molecule has 2 aromatic rings. The first-order valence-electron chi connectivity index (χ1n) is 7.25. The maximum absolute atomic E-state index is 11.1. The number of nitro benzene ring substituents is 6. The zero-order valence-electron chi connectivity index (χ0n) is 18.4. The minimum Gasteiger partial charge on any atom is -0.863 e. The Kier molecular flexibility index (Phi) is 27.3. The monoisotopic (exact) mass is 652 g/mol. The van der Waals surface area contributed by atoms with E-state index in [1.165, 1.54) is 0 Å².